The van der Waals surface area contributed by atoms with E-state index >= 15 is 0 Å². The van der Waals surface area contributed by atoms with Gasteiger partial charge in [-0.25, -0.2) is 4.98 Å². The zero-order valence-corrected chi connectivity index (χ0v) is 10.5. The third-order valence-corrected chi connectivity index (χ3v) is 3.06. The zero-order chi connectivity index (χ0) is 12.4. The van der Waals surface area contributed by atoms with Crippen LogP contribution in [0.4, 0.5) is 5.82 Å². The maximum absolute atomic E-state index is 9.44. The molecule has 2 rings (SSSR count). The fourth-order valence-corrected chi connectivity index (χ4v) is 1.82. The summed E-state index contributed by atoms with van der Waals surface area (Å²) in [6.45, 7) is 4.24. The number of nitrogens with zero attached hydrogens (tertiary/aromatic N) is 2. The third-order valence-electron chi connectivity index (χ3n) is 3.06. The molecule has 1 aromatic carbocycles. The average molecular weight is 230 g/mol. The summed E-state index contributed by atoms with van der Waals surface area (Å²) in [7, 11) is 2.00. The Hall–Kier alpha value is -1.61. The van der Waals surface area contributed by atoms with Gasteiger partial charge in [0.1, 0.15) is 5.82 Å². The van der Waals surface area contributed by atoms with E-state index in [1.54, 1.807) is 0 Å². The lowest BCUT2D eigenvalue weighted by Gasteiger charge is -2.25. The summed E-state index contributed by atoms with van der Waals surface area (Å²) in [6.07, 6.45) is 0. The molecule has 0 radical (unpaired) electrons. The van der Waals surface area contributed by atoms with Crippen LogP contribution in [0.5, 0.6) is 0 Å². The van der Waals surface area contributed by atoms with Gasteiger partial charge in [-0.3, -0.25) is 0 Å². The Morgan fingerprint density at radius 3 is 2.65 bits per heavy atom. The lowest BCUT2D eigenvalue weighted by Crippen LogP contribution is -2.27. The van der Waals surface area contributed by atoms with Crippen molar-refractivity contribution in [3.63, 3.8) is 0 Å². The van der Waals surface area contributed by atoms with Gasteiger partial charge >= 0.3 is 0 Å². The van der Waals surface area contributed by atoms with E-state index in [1.807, 2.05) is 37.4 Å². The minimum absolute atomic E-state index is 0.0181. The molecule has 1 aromatic heterocycles. The molecule has 0 saturated heterocycles. The van der Waals surface area contributed by atoms with E-state index in [2.05, 4.69) is 23.7 Å². The van der Waals surface area contributed by atoms with Gasteiger partial charge in [-0.05, 0) is 26.0 Å². The minimum Gasteiger partial charge on any atom is -0.392 e. The summed E-state index contributed by atoms with van der Waals surface area (Å²) in [4.78, 5) is 6.71. The van der Waals surface area contributed by atoms with E-state index in [0.717, 1.165) is 22.3 Å². The Labute approximate surface area is 102 Å². The van der Waals surface area contributed by atoms with E-state index in [-0.39, 0.29) is 6.61 Å². The fourth-order valence-electron chi connectivity index (χ4n) is 1.82. The van der Waals surface area contributed by atoms with Crippen molar-refractivity contribution in [2.45, 2.75) is 26.5 Å². The van der Waals surface area contributed by atoms with Crippen molar-refractivity contribution in [1.82, 2.24) is 4.98 Å². The molecule has 0 unspecified atom stereocenters. The van der Waals surface area contributed by atoms with Crippen LogP contribution < -0.4 is 4.90 Å². The van der Waals surface area contributed by atoms with Gasteiger partial charge in [-0.2, -0.15) is 0 Å². The highest BCUT2D eigenvalue weighted by molar-refractivity contribution is 5.81. The van der Waals surface area contributed by atoms with Gasteiger partial charge in [0, 0.05) is 24.0 Å². The molecule has 1 heterocycles. The second-order valence-corrected chi connectivity index (χ2v) is 4.53. The summed E-state index contributed by atoms with van der Waals surface area (Å²) in [5.41, 5.74) is 1.84. The lowest BCUT2D eigenvalue weighted by molar-refractivity contribution is 0.281. The number of aromatic nitrogens is 1. The van der Waals surface area contributed by atoms with Gasteiger partial charge in [-0.15, -0.1) is 0 Å². The first-order valence-corrected chi connectivity index (χ1v) is 5.86. The van der Waals surface area contributed by atoms with Gasteiger partial charge in [0.05, 0.1) is 12.1 Å². The molecule has 1 N–H and O–H groups in total. The van der Waals surface area contributed by atoms with Gasteiger partial charge in [0.2, 0.25) is 0 Å². The number of fused-ring (bicyclic) bond motifs is 1. The molecule has 2 aromatic rings. The quantitative estimate of drug-likeness (QED) is 0.880. The van der Waals surface area contributed by atoms with Crippen molar-refractivity contribution < 1.29 is 5.11 Å². The smallest absolute Gasteiger partial charge is 0.134 e. The molecule has 0 atom stereocenters. The number of rotatable bonds is 3. The molecule has 0 bridgehead atoms. The highest BCUT2D eigenvalue weighted by Crippen LogP contribution is 2.24. The highest BCUT2D eigenvalue weighted by atomic mass is 16.3. The largest absolute Gasteiger partial charge is 0.392 e. The Morgan fingerprint density at radius 1 is 1.29 bits per heavy atom. The van der Waals surface area contributed by atoms with Gasteiger partial charge in [0.25, 0.3) is 0 Å². The molecule has 0 aliphatic carbocycles. The molecular weight excluding hydrogens is 212 g/mol. The number of hydrogen-bond donors (Lipinski definition) is 1. The number of aliphatic hydroxyl groups excluding tert-OH is 1. The Balaban J connectivity index is 2.60. The topological polar surface area (TPSA) is 36.4 Å². The van der Waals surface area contributed by atoms with E-state index in [1.165, 1.54) is 0 Å². The van der Waals surface area contributed by atoms with Crippen LogP contribution in [0.2, 0.25) is 0 Å². The number of pyridine rings is 1. The molecule has 3 nitrogen and oxygen atoms in total. The third kappa shape index (κ3) is 2.24. The first-order chi connectivity index (χ1) is 8.13. The molecule has 0 amide bonds. The number of benzene rings is 1. The average Bonchev–Trinajstić information content (AvgIpc) is 2.36. The Bertz CT molecular complexity index is 523. The molecule has 3 heteroatoms. The second kappa shape index (κ2) is 4.72. The molecular formula is C14H18N2O. The van der Waals surface area contributed by atoms with Crippen molar-refractivity contribution in [3.8, 4) is 0 Å². The van der Waals surface area contributed by atoms with Crippen LogP contribution in [0.25, 0.3) is 10.9 Å². The number of para-hydroxylation sites is 1. The summed E-state index contributed by atoms with van der Waals surface area (Å²) in [5.74, 6) is 0.862. The summed E-state index contributed by atoms with van der Waals surface area (Å²) >= 11 is 0. The van der Waals surface area contributed by atoms with Crippen LogP contribution in [0.15, 0.2) is 30.3 Å². The van der Waals surface area contributed by atoms with Crippen LogP contribution >= 0.6 is 0 Å². The maximum Gasteiger partial charge on any atom is 0.134 e. The number of hydrogen-bond acceptors (Lipinski definition) is 3. The van der Waals surface area contributed by atoms with Crippen LogP contribution in [0.3, 0.4) is 0 Å². The Kier molecular flexibility index (Phi) is 3.29. The van der Waals surface area contributed by atoms with Crippen LogP contribution in [-0.4, -0.2) is 23.2 Å². The number of aliphatic hydroxyl groups is 1. The van der Waals surface area contributed by atoms with Crippen molar-refractivity contribution in [1.29, 1.82) is 0 Å². The van der Waals surface area contributed by atoms with Crippen molar-refractivity contribution in [2.75, 3.05) is 11.9 Å². The molecule has 0 saturated carbocycles. The van der Waals surface area contributed by atoms with E-state index in [4.69, 9.17) is 0 Å². The monoisotopic (exact) mass is 230 g/mol. The standard InChI is InChI=1S/C14H18N2O/c1-10(2)16(3)14-12(9-17)8-11-6-4-5-7-13(11)15-14/h4-8,10,17H,9H2,1-3H3. The van der Waals surface area contributed by atoms with E-state index in [9.17, 15) is 5.11 Å². The molecule has 17 heavy (non-hydrogen) atoms. The maximum atomic E-state index is 9.44. The van der Waals surface area contributed by atoms with Gasteiger partial charge in [-0.1, -0.05) is 18.2 Å². The minimum atomic E-state index is 0.0181. The van der Waals surface area contributed by atoms with Crippen molar-refractivity contribution in [2.24, 2.45) is 0 Å². The molecule has 0 spiro atoms. The fraction of sp³-hybridized carbons (Fsp3) is 0.357. The molecule has 90 valence electrons. The van der Waals surface area contributed by atoms with Crippen LogP contribution in [0.1, 0.15) is 19.4 Å². The first kappa shape index (κ1) is 11.9. The second-order valence-electron chi connectivity index (χ2n) is 4.53. The molecule has 0 aliphatic rings. The highest BCUT2D eigenvalue weighted by Gasteiger charge is 2.12. The Morgan fingerprint density at radius 2 is 2.00 bits per heavy atom. The number of anilines is 1. The van der Waals surface area contributed by atoms with Gasteiger partial charge < -0.3 is 10.0 Å². The van der Waals surface area contributed by atoms with Crippen molar-refractivity contribution >= 4 is 16.7 Å². The normalized spacial score (nSPS) is 11.1. The van der Waals surface area contributed by atoms with E-state index < -0.39 is 0 Å². The van der Waals surface area contributed by atoms with Crippen LogP contribution in [0, 0.1) is 0 Å². The zero-order valence-electron chi connectivity index (χ0n) is 10.5. The molecule has 0 aliphatic heterocycles. The van der Waals surface area contributed by atoms with Gasteiger partial charge in [0.15, 0.2) is 0 Å². The van der Waals surface area contributed by atoms with E-state index in [0.29, 0.717) is 6.04 Å². The summed E-state index contributed by atoms with van der Waals surface area (Å²) in [6, 6.07) is 10.3. The first-order valence-electron chi connectivity index (χ1n) is 5.86. The summed E-state index contributed by atoms with van der Waals surface area (Å²) in [5, 5.41) is 10.5. The molecule has 0 fully saturated rings. The van der Waals surface area contributed by atoms with Crippen molar-refractivity contribution in [3.05, 3.63) is 35.9 Å². The lowest BCUT2D eigenvalue weighted by atomic mass is 10.1. The SMILES string of the molecule is CC(C)N(C)c1nc2ccccc2cc1CO. The summed E-state index contributed by atoms with van der Waals surface area (Å²) < 4.78 is 0. The predicted octanol–water partition coefficient (Wildman–Crippen LogP) is 2.57. The van der Waals surface area contributed by atoms with Crippen LogP contribution in [-0.2, 0) is 6.61 Å². The predicted molar refractivity (Wildman–Crippen MR) is 71.2 cm³/mol.